The van der Waals surface area contributed by atoms with E-state index in [0.29, 0.717) is 17.2 Å². The van der Waals surface area contributed by atoms with Gasteiger partial charge < -0.3 is 9.64 Å². The van der Waals surface area contributed by atoms with Crippen LogP contribution >= 0.6 is 11.3 Å². The molecule has 0 radical (unpaired) electrons. The lowest BCUT2D eigenvalue weighted by Gasteiger charge is -2.04. The van der Waals surface area contributed by atoms with Gasteiger partial charge in [0, 0.05) is 19.0 Å². The van der Waals surface area contributed by atoms with E-state index in [-0.39, 0.29) is 5.97 Å². The van der Waals surface area contributed by atoms with E-state index in [9.17, 15) is 4.79 Å². The fourth-order valence-corrected chi connectivity index (χ4v) is 2.30. The molecule has 0 saturated carbocycles. The molecule has 0 bridgehead atoms. The van der Waals surface area contributed by atoms with Crippen LogP contribution in [0.1, 0.15) is 27.7 Å². The number of aliphatic imine (C=N–C) groups is 1. The zero-order valence-corrected chi connectivity index (χ0v) is 11.7. The Morgan fingerprint density at radius 3 is 2.65 bits per heavy atom. The molecule has 0 amide bonds. The van der Waals surface area contributed by atoms with E-state index in [4.69, 9.17) is 4.74 Å². The molecule has 0 atom stereocenters. The van der Waals surface area contributed by atoms with Gasteiger partial charge >= 0.3 is 5.97 Å². The van der Waals surface area contributed by atoms with Gasteiger partial charge in [-0.2, -0.15) is 0 Å². The Morgan fingerprint density at radius 1 is 1.47 bits per heavy atom. The number of hydrogen-bond acceptors (Lipinski definition) is 4. The van der Waals surface area contributed by atoms with E-state index in [2.05, 4.69) is 4.99 Å². The zero-order valence-electron chi connectivity index (χ0n) is 10.9. The van der Waals surface area contributed by atoms with Crippen molar-refractivity contribution in [3.05, 3.63) is 16.0 Å². The summed E-state index contributed by atoms with van der Waals surface area (Å²) in [6.07, 6.45) is 1.69. The molecular weight excluding hydrogens is 236 g/mol. The first-order chi connectivity index (χ1) is 7.97. The van der Waals surface area contributed by atoms with Crippen LogP contribution in [0.3, 0.4) is 0 Å². The fraction of sp³-hybridized carbons (Fsp3) is 0.500. The minimum atomic E-state index is -0.291. The molecule has 5 heteroatoms. The van der Waals surface area contributed by atoms with Gasteiger partial charge in [-0.25, -0.2) is 9.79 Å². The number of rotatable bonds is 4. The van der Waals surface area contributed by atoms with Gasteiger partial charge in [0.15, 0.2) is 0 Å². The summed E-state index contributed by atoms with van der Waals surface area (Å²) in [5.41, 5.74) is 1.55. The van der Waals surface area contributed by atoms with E-state index >= 15 is 0 Å². The standard InChI is InChI=1S/C12H18N2O2S/c1-6-16-12(15)10-8(2)9(3)17-11(10)13-7-14(4)5/h7H,6H2,1-5H3/b13-7+. The van der Waals surface area contributed by atoms with E-state index in [1.54, 1.807) is 13.3 Å². The number of thiophene rings is 1. The summed E-state index contributed by atoms with van der Waals surface area (Å²) in [6, 6.07) is 0. The van der Waals surface area contributed by atoms with Gasteiger partial charge in [0.1, 0.15) is 5.00 Å². The molecule has 0 unspecified atom stereocenters. The second kappa shape index (κ2) is 5.82. The Hall–Kier alpha value is -1.36. The topological polar surface area (TPSA) is 41.9 Å². The van der Waals surface area contributed by atoms with Gasteiger partial charge in [0.2, 0.25) is 0 Å². The molecule has 0 aliphatic rings. The van der Waals surface area contributed by atoms with E-state index in [0.717, 1.165) is 10.4 Å². The third-order valence-corrected chi connectivity index (χ3v) is 3.37. The zero-order chi connectivity index (χ0) is 13.0. The summed E-state index contributed by atoms with van der Waals surface area (Å²) in [5, 5.41) is 0.715. The average Bonchev–Trinajstić information content (AvgIpc) is 2.52. The third kappa shape index (κ3) is 3.30. The Morgan fingerprint density at radius 2 is 2.12 bits per heavy atom. The maximum Gasteiger partial charge on any atom is 0.341 e. The van der Waals surface area contributed by atoms with E-state index < -0.39 is 0 Å². The molecule has 0 fully saturated rings. The average molecular weight is 254 g/mol. The minimum absolute atomic E-state index is 0.291. The highest BCUT2D eigenvalue weighted by Gasteiger charge is 2.19. The van der Waals surface area contributed by atoms with Crippen molar-refractivity contribution in [2.45, 2.75) is 20.8 Å². The highest BCUT2D eigenvalue weighted by molar-refractivity contribution is 7.16. The van der Waals surface area contributed by atoms with Crippen LogP contribution in [0.5, 0.6) is 0 Å². The maximum atomic E-state index is 11.8. The fourth-order valence-electron chi connectivity index (χ4n) is 1.31. The number of nitrogens with zero attached hydrogens (tertiary/aromatic N) is 2. The molecule has 0 spiro atoms. The first-order valence-electron chi connectivity index (χ1n) is 5.45. The predicted octanol–water partition coefficient (Wildman–Crippen LogP) is 2.76. The summed E-state index contributed by atoms with van der Waals surface area (Å²) < 4.78 is 5.05. The lowest BCUT2D eigenvalue weighted by Crippen LogP contribution is -2.08. The van der Waals surface area contributed by atoms with Crippen molar-refractivity contribution in [2.24, 2.45) is 4.99 Å². The van der Waals surface area contributed by atoms with Crippen molar-refractivity contribution < 1.29 is 9.53 Å². The number of carbonyl (C=O) groups is 1. The smallest absolute Gasteiger partial charge is 0.341 e. The molecule has 1 aromatic heterocycles. The largest absolute Gasteiger partial charge is 0.462 e. The molecule has 0 N–H and O–H groups in total. The summed E-state index contributed by atoms with van der Waals surface area (Å²) in [5.74, 6) is -0.291. The van der Waals surface area contributed by atoms with Crippen LogP contribution in [0, 0.1) is 13.8 Å². The van der Waals surface area contributed by atoms with Crippen molar-refractivity contribution in [3.63, 3.8) is 0 Å². The quantitative estimate of drug-likeness (QED) is 0.471. The molecule has 17 heavy (non-hydrogen) atoms. The number of hydrogen-bond donors (Lipinski definition) is 0. The summed E-state index contributed by atoms with van der Waals surface area (Å²) in [6.45, 7) is 6.09. The minimum Gasteiger partial charge on any atom is -0.462 e. The molecule has 0 aliphatic carbocycles. The molecule has 0 aliphatic heterocycles. The first-order valence-corrected chi connectivity index (χ1v) is 6.26. The van der Waals surface area contributed by atoms with E-state index in [1.165, 1.54) is 11.3 Å². The number of aryl methyl sites for hydroxylation is 1. The summed E-state index contributed by atoms with van der Waals surface area (Å²) in [7, 11) is 3.78. The monoisotopic (exact) mass is 254 g/mol. The van der Waals surface area contributed by atoms with Gasteiger partial charge in [-0.3, -0.25) is 0 Å². The van der Waals surface area contributed by atoms with Crippen LogP contribution < -0.4 is 0 Å². The van der Waals surface area contributed by atoms with Crippen LogP contribution in [-0.4, -0.2) is 37.9 Å². The van der Waals surface area contributed by atoms with Crippen molar-refractivity contribution in [3.8, 4) is 0 Å². The molecule has 0 saturated heterocycles. The van der Waals surface area contributed by atoms with Gasteiger partial charge in [-0.05, 0) is 26.3 Å². The number of carbonyl (C=O) groups excluding carboxylic acids is 1. The van der Waals surface area contributed by atoms with Crippen LogP contribution in [0.25, 0.3) is 0 Å². The second-order valence-electron chi connectivity index (χ2n) is 3.89. The number of ether oxygens (including phenoxy) is 1. The Bertz CT molecular complexity index is 436. The lowest BCUT2D eigenvalue weighted by atomic mass is 10.1. The maximum absolute atomic E-state index is 11.8. The lowest BCUT2D eigenvalue weighted by molar-refractivity contribution is 0.0527. The molecule has 1 aromatic rings. The van der Waals surface area contributed by atoms with Crippen molar-refractivity contribution >= 4 is 28.6 Å². The van der Waals surface area contributed by atoms with E-state index in [1.807, 2.05) is 32.8 Å². The van der Waals surface area contributed by atoms with Crippen LogP contribution in [-0.2, 0) is 4.74 Å². The normalized spacial score (nSPS) is 10.9. The Balaban J connectivity index is 3.13. The van der Waals surface area contributed by atoms with Crippen molar-refractivity contribution in [1.82, 2.24) is 4.90 Å². The predicted molar refractivity (Wildman–Crippen MR) is 71.6 cm³/mol. The molecule has 4 nitrogen and oxygen atoms in total. The third-order valence-electron chi connectivity index (χ3n) is 2.25. The van der Waals surface area contributed by atoms with Gasteiger partial charge in [-0.15, -0.1) is 11.3 Å². The molecule has 1 rings (SSSR count). The van der Waals surface area contributed by atoms with Crippen LogP contribution in [0.15, 0.2) is 4.99 Å². The highest BCUT2D eigenvalue weighted by Crippen LogP contribution is 2.35. The van der Waals surface area contributed by atoms with Crippen molar-refractivity contribution in [2.75, 3.05) is 20.7 Å². The van der Waals surface area contributed by atoms with Crippen molar-refractivity contribution in [1.29, 1.82) is 0 Å². The van der Waals surface area contributed by atoms with Gasteiger partial charge in [0.25, 0.3) is 0 Å². The summed E-state index contributed by atoms with van der Waals surface area (Å²) in [4.78, 5) is 19.1. The SMILES string of the molecule is CCOC(=O)c1c(/N=C/N(C)C)sc(C)c1C. The number of esters is 1. The molecule has 0 aromatic carbocycles. The molecule has 1 heterocycles. The molecular formula is C12H18N2O2S. The van der Waals surface area contributed by atoms with Crippen LogP contribution in [0.2, 0.25) is 0 Å². The van der Waals surface area contributed by atoms with Gasteiger partial charge in [0.05, 0.1) is 18.5 Å². The first kappa shape index (κ1) is 13.7. The highest BCUT2D eigenvalue weighted by atomic mass is 32.1. The Labute approximate surface area is 106 Å². The molecule has 94 valence electrons. The summed E-state index contributed by atoms with van der Waals surface area (Å²) >= 11 is 1.51. The van der Waals surface area contributed by atoms with Crippen LogP contribution in [0.4, 0.5) is 5.00 Å². The Kier molecular flexibility index (Phi) is 4.69. The van der Waals surface area contributed by atoms with Gasteiger partial charge in [-0.1, -0.05) is 0 Å². The second-order valence-corrected chi connectivity index (χ2v) is 5.10.